The zero-order valence-corrected chi connectivity index (χ0v) is 12.6. The molecule has 0 spiro atoms. The van der Waals surface area contributed by atoms with E-state index in [1.54, 1.807) is 19.2 Å². The third-order valence-corrected chi connectivity index (χ3v) is 3.10. The van der Waals surface area contributed by atoms with Crippen molar-refractivity contribution in [3.63, 3.8) is 0 Å². The number of hydrogen-bond donors (Lipinski definition) is 2. The van der Waals surface area contributed by atoms with Crippen LogP contribution in [-0.4, -0.2) is 24.9 Å². The van der Waals surface area contributed by atoms with E-state index in [2.05, 4.69) is 10.6 Å². The zero-order chi connectivity index (χ0) is 13.5. The van der Waals surface area contributed by atoms with Crippen molar-refractivity contribution in [2.45, 2.75) is 19.5 Å². The molecule has 0 radical (unpaired) electrons. The summed E-state index contributed by atoms with van der Waals surface area (Å²) < 4.78 is 5.01. The summed E-state index contributed by atoms with van der Waals surface area (Å²) in [5.41, 5.74) is 0.949. The first-order valence-corrected chi connectivity index (χ1v) is 6.66. The Kier molecular flexibility index (Phi) is 6.71. The van der Waals surface area contributed by atoms with Crippen molar-refractivity contribution in [1.82, 2.24) is 10.6 Å². The molecule has 1 aromatic carbocycles. The van der Waals surface area contributed by atoms with E-state index in [0.29, 0.717) is 28.3 Å². The van der Waals surface area contributed by atoms with E-state index in [4.69, 9.17) is 40.2 Å². The Labute approximate surface area is 123 Å². The molecule has 0 aliphatic carbocycles. The Hall–Kier alpha value is -0.550. The first-order valence-electron chi connectivity index (χ1n) is 5.50. The Morgan fingerprint density at radius 2 is 2.17 bits per heavy atom. The second-order valence-electron chi connectivity index (χ2n) is 3.92. The molecule has 0 bridgehead atoms. The standard InChI is InChI=1S/C12H16Cl2N2OS/c1-8(7-17-2)16-12(18)15-6-9-3-4-10(13)5-11(9)14/h3-5,8H,6-7H2,1-2H3,(H2,15,16,18). The van der Waals surface area contributed by atoms with Crippen molar-refractivity contribution < 1.29 is 4.74 Å². The van der Waals surface area contributed by atoms with Crippen LogP contribution in [-0.2, 0) is 11.3 Å². The smallest absolute Gasteiger partial charge is 0.166 e. The fourth-order valence-corrected chi connectivity index (χ4v) is 2.16. The maximum Gasteiger partial charge on any atom is 0.166 e. The van der Waals surface area contributed by atoms with Crippen molar-refractivity contribution >= 4 is 40.5 Å². The van der Waals surface area contributed by atoms with Crippen LogP contribution in [0.4, 0.5) is 0 Å². The predicted octanol–water partition coefficient (Wildman–Crippen LogP) is 2.99. The molecule has 1 unspecified atom stereocenters. The highest BCUT2D eigenvalue weighted by Crippen LogP contribution is 2.20. The van der Waals surface area contributed by atoms with Crippen LogP contribution in [0.25, 0.3) is 0 Å². The second-order valence-corrected chi connectivity index (χ2v) is 5.17. The molecule has 1 atom stereocenters. The van der Waals surface area contributed by atoms with Crippen molar-refractivity contribution in [2.75, 3.05) is 13.7 Å². The number of nitrogens with one attached hydrogen (secondary N) is 2. The SMILES string of the molecule is COCC(C)NC(=S)NCc1ccc(Cl)cc1Cl. The molecular formula is C12H16Cl2N2OS. The van der Waals surface area contributed by atoms with Crippen LogP contribution in [0.3, 0.4) is 0 Å². The third-order valence-electron chi connectivity index (χ3n) is 2.25. The molecular weight excluding hydrogens is 291 g/mol. The topological polar surface area (TPSA) is 33.3 Å². The van der Waals surface area contributed by atoms with Crippen LogP contribution >= 0.6 is 35.4 Å². The largest absolute Gasteiger partial charge is 0.383 e. The molecule has 0 fully saturated rings. The van der Waals surface area contributed by atoms with E-state index in [1.807, 2.05) is 13.0 Å². The Morgan fingerprint density at radius 1 is 1.44 bits per heavy atom. The molecule has 0 heterocycles. The van der Waals surface area contributed by atoms with Gasteiger partial charge in [-0.15, -0.1) is 0 Å². The Balaban J connectivity index is 2.42. The second kappa shape index (κ2) is 7.79. The van der Waals surface area contributed by atoms with E-state index < -0.39 is 0 Å². The number of benzene rings is 1. The van der Waals surface area contributed by atoms with Gasteiger partial charge in [0.25, 0.3) is 0 Å². The number of halogens is 2. The van der Waals surface area contributed by atoms with Crippen LogP contribution in [0.5, 0.6) is 0 Å². The van der Waals surface area contributed by atoms with Gasteiger partial charge in [0.1, 0.15) is 0 Å². The molecule has 6 heteroatoms. The van der Waals surface area contributed by atoms with Gasteiger partial charge in [-0.05, 0) is 36.8 Å². The van der Waals surface area contributed by atoms with E-state index in [9.17, 15) is 0 Å². The predicted molar refractivity (Wildman–Crippen MR) is 80.4 cm³/mol. The van der Waals surface area contributed by atoms with Crippen LogP contribution in [0.1, 0.15) is 12.5 Å². The van der Waals surface area contributed by atoms with Gasteiger partial charge in [-0.2, -0.15) is 0 Å². The van der Waals surface area contributed by atoms with Gasteiger partial charge < -0.3 is 15.4 Å². The maximum absolute atomic E-state index is 6.06. The fourth-order valence-electron chi connectivity index (χ4n) is 1.41. The zero-order valence-electron chi connectivity index (χ0n) is 10.3. The quantitative estimate of drug-likeness (QED) is 0.819. The summed E-state index contributed by atoms with van der Waals surface area (Å²) in [5.74, 6) is 0. The molecule has 1 aromatic rings. The highest BCUT2D eigenvalue weighted by Gasteiger charge is 2.05. The molecule has 100 valence electrons. The third kappa shape index (κ3) is 5.40. The maximum atomic E-state index is 6.06. The van der Waals surface area contributed by atoms with Gasteiger partial charge in [-0.25, -0.2) is 0 Å². The van der Waals surface area contributed by atoms with Crippen molar-refractivity contribution in [1.29, 1.82) is 0 Å². The minimum Gasteiger partial charge on any atom is -0.383 e. The average molecular weight is 307 g/mol. The lowest BCUT2D eigenvalue weighted by molar-refractivity contribution is 0.179. The first kappa shape index (κ1) is 15.5. The summed E-state index contributed by atoms with van der Waals surface area (Å²) in [6.07, 6.45) is 0. The lowest BCUT2D eigenvalue weighted by Crippen LogP contribution is -2.42. The average Bonchev–Trinajstić information content (AvgIpc) is 2.28. The molecule has 0 aliphatic rings. The Bertz CT molecular complexity index is 415. The molecule has 2 N–H and O–H groups in total. The lowest BCUT2D eigenvalue weighted by Gasteiger charge is -2.16. The number of hydrogen-bond acceptors (Lipinski definition) is 2. The summed E-state index contributed by atoms with van der Waals surface area (Å²) in [7, 11) is 1.65. The molecule has 0 amide bonds. The number of methoxy groups -OCH3 is 1. The van der Waals surface area contributed by atoms with Crippen molar-refractivity contribution in [2.24, 2.45) is 0 Å². The molecule has 0 saturated carbocycles. The molecule has 0 aromatic heterocycles. The van der Waals surface area contributed by atoms with Gasteiger partial charge in [0, 0.05) is 29.7 Å². The summed E-state index contributed by atoms with van der Waals surface area (Å²) in [5, 5.41) is 8.02. The molecule has 0 aliphatic heterocycles. The van der Waals surface area contributed by atoms with E-state index in [-0.39, 0.29) is 6.04 Å². The minimum absolute atomic E-state index is 0.163. The molecule has 0 saturated heterocycles. The van der Waals surface area contributed by atoms with Crippen LogP contribution < -0.4 is 10.6 Å². The molecule has 18 heavy (non-hydrogen) atoms. The Morgan fingerprint density at radius 3 is 2.78 bits per heavy atom. The minimum atomic E-state index is 0.163. The van der Waals surface area contributed by atoms with Gasteiger partial charge in [0.15, 0.2) is 5.11 Å². The van der Waals surface area contributed by atoms with Crippen molar-refractivity contribution in [3.05, 3.63) is 33.8 Å². The van der Waals surface area contributed by atoms with Gasteiger partial charge in [0.2, 0.25) is 0 Å². The molecule has 1 rings (SSSR count). The van der Waals surface area contributed by atoms with E-state index in [1.165, 1.54) is 0 Å². The van der Waals surface area contributed by atoms with Gasteiger partial charge in [-0.3, -0.25) is 0 Å². The summed E-state index contributed by atoms with van der Waals surface area (Å²) >= 11 is 17.1. The normalized spacial score (nSPS) is 12.0. The lowest BCUT2D eigenvalue weighted by atomic mass is 10.2. The highest BCUT2D eigenvalue weighted by atomic mass is 35.5. The summed E-state index contributed by atoms with van der Waals surface area (Å²) in [6.45, 7) is 3.15. The van der Waals surface area contributed by atoms with Gasteiger partial charge in [0.05, 0.1) is 6.61 Å². The number of ether oxygens (including phenoxy) is 1. The number of rotatable bonds is 5. The monoisotopic (exact) mass is 306 g/mol. The number of thiocarbonyl (C=S) groups is 1. The van der Waals surface area contributed by atoms with Crippen LogP contribution in [0.2, 0.25) is 10.0 Å². The van der Waals surface area contributed by atoms with Gasteiger partial charge in [-0.1, -0.05) is 29.3 Å². The first-order chi connectivity index (χ1) is 8.52. The molecule has 3 nitrogen and oxygen atoms in total. The fraction of sp³-hybridized carbons (Fsp3) is 0.417. The van der Waals surface area contributed by atoms with Gasteiger partial charge >= 0.3 is 0 Å². The van der Waals surface area contributed by atoms with E-state index >= 15 is 0 Å². The summed E-state index contributed by atoms with van der Waals surface area (Å²) in [4.78, 5) is 0. The van der Waals surface area contributed by atoms with Crippen molar-refractivity contribution in [3.8, 4) is 0 Å². The van der Waals surface area contributed by atoms with E-state index in [0.717, 1.165) is 5.56 Å². The van der Waals surface area contributed by atoms with Crippen LogP contribution in [0, 0.1) is 0 Å². The highest BCUT2D eigenvalue weighted by molar-refractivity contribution is 7.80. The summed E-state index contributed by atoms with van der Waals surface area (Å²) in [6, 6.07) is 5.55. The van der Waals surface area contributed by atoms with Crippen LogP contribution in [0.15, 0.2) is 18.2 Å².